The van der Waals surface area contributed by atoms with Crippen molar-refractivity contribution in [2.24, 2.45) is 11.8 Å². The van der Waals surface area contributed by atoms with E-state index >= 15 is 0 Å². The third kappa shape index (κ3) is 3.43. The predicted molar refractivity (Wildman–Crippen MR) is 88.5 cm³/mol. The molecule has 2 aliphatic heterocycles. The van der Waals surface area contributed by atoms with Crippen molar-refractivity contribution >= 4 is 23.6 Å². The Hall–Kier alpha value is -0.750. The van der Waals surface area contributed by atoms with Gasteiger partial charge in [-0.3, -0.25) is 9.59 Å². The second kappa shape index (κ2) is 7.21. The minimum Gasteiger partial charge on any atom is -0.350 e. The SMILES string of the molecule is CC1CCNCC1NC(=O)C1CSCN1C(=O)C1CCCC1. The van der Waals surface area contributed by atoms with Gasteiger partial charge < -0.3 is 15.5 Å². The molecule has 22 heavy (non-hydrogen) atoms. The van der Waals surface area contributed by atoms with Crippen LogP contribution in [0.1, 0.15) is 39.0 Å². The zero-order valence-corrected chi connectivity index (χ0v) is 14.2. The van der Waals surface area contributed by atoms with Crippen LogP contribution in [0.25, 0.3) is 0 Å². The van der Waals surface area contributed by atoms with Crippen molar-refractivity contribution in [2.75, 3.05) is 24.7 Å². The van der Waals surface area contributed by atoms with Gasteiger partial charge in [0.05, 0.1) is 5.88 Å². The minimum absolute atomic E-state index is 0.0388. The zero-order valence-electron chi connectivity index (χ0n) is 13.3. The standard InChI is InChI=1S/C16H27N3O2S/c1-11-6-7-17-8-13(11)18-15(20)14-9-22-10-19(14)16(21)12-4-2-3-5-12/h11-14,17H,2-10H2,1H3,(H,18,20). The van der Waals surface area contributed by atoms with Gasteiger partial charge in [-0.25, -0.2) is 0 Å². The van der Waals surface area contributed by atoms with Gasteiger partial charge in [0.15, 0.2) is 0 Å². The molecule has 2 N–H and O–H groups in total. The van der Waals surface area contributed by atoms with Crippen LogP contribution in [0.2, 0.25) is 0 Å². The summed E-state index contributed by atoms with van der Waals surface area (Å²) in [6, 6.07) is -0.0810. The lowest BCUT2D eigenvalue weighted by Crippen LogP contribution is -2.56. The van der Waals surface area contributed by atoms with Crippen molar-refractivity contribution in [3.63, 3.8) is 0 Å². The minimum atomic E-state index is -0.271. The Morgan fingerprint density at radius 2 is 2.00 bits per heavy atom. The van der Waals surface area contributed by atoms with Crippen LogP contribution in [0.3, 0.4) is 0 Å². The molecule has 0 aromatic heterocycles. The second-order valence-corrected chi connectivity index (χ2v) is 7.89. The van der Waals surface area contributed by atoms with Crippen LogP contribution in [0.5, 0.6) is 0 Å². The first-order valence-corrected chi connectivity index (χ1v) is 9.71. The van der Waals surface area contributed by atoms with Crippen LogP contribution in [-0.4, -0.2) is 53.5 Å². The van der Waals surface area contributed by atoms with Gasteiger partial charge in [-0.15, -0.1) is 11.8 Å². The van der Waals surface area contributed by atoms with E-state index in [4.69, 9.17) is 0 Å². The maximum atomic E-state index is 12.6. The van der Waals surface area contributed by atoms with E-state index in [1.54, 1.807) is 11.8 Å². The lowest BCUT2D eigenvalue weighted by Gasteiger charge is -2.32. The average molecular weight is 325 g/mol. The third-order valence-corrected chi connectivity index (χ3v) is 6.34. The van der Waals surface area contributed by atoms with E-state index in [0.717, 1.165) is 50.9 Å². The van der Waals surface area contributed by atoms with Crippen molar-refractivity contribution < 1.29 is 9.59 Å². The van der Waals surface area contributed by atoms with Gasteiger partial charge in [-0.1, -0.05) is 19.8 Å². The molecule has 0 spiro atoms. The summed E-state index contributed by atoms with van der Waals surface area (Å²) in [5, 5.41) is 6.52. The summed E-state index contributed by atoms with van der Waals surface area (Å²) in [4.78, 5) is 27.1. The van der Waals surface area contributed by atoms with Crippen molar-refractivity contribution in [3.05, 3.63) is 0 Å². The van der Waals surface area contributed by atoms with E-state index in [0.29, 0.717) is 11.8 Å². The van der Waals surface area contributed by atoms with E-state index in [1.165, 1.54) is 0 Å². The summed E-state index contributed by atoms with van der Waals surface area (Å²) >= 11 is 1.70. The maximum absolute atomic E-state index is 12.6. The Morgan fingerprint density at radius 1 is 1.23 bits per heavy atom. The Morgan fingerprint density at radius 3 is 2.73 bits per heavy atom. The van der Waals surface area contributed by atoms with Gasteiger partial charge >= 0.3 is 0 Å². The highest BCUT2D eigenvalue weighted by atomic mass is 32.2. The molecule has 2 heterocycles. The van der Waals surface area contributed by atoms with E-state index in [2.05, 4.69) is 17.6 Å². The summed E-state index contributed by atoms with van der Waals surface area (Å²) in [5.41, 5.74) is 0. The first-order chi connectivity index (χ1) is 10.7. The highest BCUT2D eigenvalue weighted by Gasteiger charge is 2.39. The number of hydrogen-bond acceptors (Lipinski definition) is 4. The Bertz CT molecular complexity index is 426. The summed E-state index contributed by atoms with van der Waals surface area (Å²) < 4.78 is 0. The number of piperidine rings is 1. The topological polar surface area (TPSA) is 61.4 Å². The molecule has 2 saturated heterocycles. The fourth-order valence-corrected chi connectivity index (χ4v) is 4.91. The van der Waals surface area contributed by atoms with Crippen LogP contribution in [-0.2, 0) is 9.59 Å². The summed E-state index contributed by atoms with van der Waals surface area (Å²) in [5.74, 6) is 2.31. The molecule has 3 atom stereocenters. The van der Waals surface area contributed by atoms with Crippen LogP contribution in [0.4, 0.5) is 0 Å². The fourth-order valence-electron chi connectivity index (χ4n) is 3.75. The van der Waals surface area contributed by atoms with Gasteiger partial charge in [0.1, 0.15) is 6.04 Å². The van der Waals surface area contributed by atoms with Crippen LogP contribution in [0.15, 0.2) is 0 Å². The molecule has 3 aliphatic rings. The molecule has 0 aromatic rings. The summed E-state index contributed by atoms with van der Waals surface area (Å²) in [7, 11) is 0. The first-order valence-electron chi connectivity index (χ1n) is 8.56. The highest BCUT2D eigenvalue weighted by Crippen LogP contribution is 2.31. The lowest BCUT2D eigenvalue weighted by atomic mass is 9.94. The summed E-state index contributed by atoms with van der Waals surface area (Å²) in [6.07, 6.45) is 5.39. The van der Waals surface area contributed by atoms with Gasteiger partial charge in [0.2, 0.25) is 11.8 Å². The number of carbonyl (C=O) groups excluding carboxylic acids is 2. The maximum Gasteiger partial charge on any atom is 0.243 e. The van der Waals surface area contributed by atoms with Crippen LogP contribution < -0.4 is 10.6 Å². The molecule has 1 saturated carbocycles. The normalized spacial score (nSPS) is 33.1. The third-order valence-electron chi connectivity index (χ3n) is 5.33. The van der Waals surface area contributed by atoms with E-state index in [1.807, 2.05) is 4.90 Å². The Labute approximate surface area is 137 Å². The molecule has 0 radical (unpaired) electrons. The molecule has 3 rings (SSSR count). The molecule has 0 bridgehead atoms. The van der Waals surface area contributed by atoms with Crippen molar-refractivity contribution in [2.45, 2.75) is 51.1 Å². The van der Waals surface area contributed by atoms with Crippen molar-refractivity contribution in [1.29, 1.82) is 0 Å². The molecule has 2 amide bonds. The highest BCUT2D eigenvalue weighted by molar-refractivity contribution is 7.99. The van der Waals surface area contributed by atoms with Crippen LogP contribution in [0, 0.1) is 11.8 Å². The molecular formula is C16H27N3O2S. The van der Waals surface area contributed by atoms with Crippen molar-refractivity contribution in [1.82, 2.24) is 15.5 Å². The van der Waals surface area contributed by atoms with Gasteiger partial charge in [0.25, 0.3) is 0 Å². The lowest BCUT2D eigenvalue weighted by molar-refractivity contribution is -0.141. The molecule has 1 aliphatic carbocycles. The quantitative estimate of drug-likeness (QED) is 0.818. The van der Waals surface area contributed by atoms with E-state index in [9.17, 15) is 9.59 Å². The first kappa shape index (κ1) is 16.1. The van der Waals surface area contributed by atoms with E-state index < -0.39 is 0 Å². The second-order valence-electron chi connectivity index (χ2n) is 6.89. The zero-order chi connectivity index (χ0) is 15.5. The number of amides is 2. The predicted octanol–water partition coefficient (Wildman–Crippen LogP) is 1.19. The molecule has 0 aromatic carbocycles. The van der Waals surface area contributed by atoms with Gasteiger partial charge in [0, 0.05) is 24.3 Å². The van der Waals surface area contributed by atoms with E-state index in [-0.39, 0.29) is 29.8 Å². The molecule has 124 valence electrons. The largest absolute Gasteiger partial charge is 0.350 e. The summed E-state index contributed by atoms with van der Waals surface area (Å²) in [6.45, 7) is 4.05. The Balaban J connectivity index is 1.59. The van der Waals surface area contributed by atoms with Gasteiger partial charge in [-0.05, 0) is 31.7 Å². The van der Waals surface area contributed by atoms with Crippen molar-refractivity contribution in [3.8, 4) is 0 Å². The molecular weight excluding hydrogens is 298 g/mol. The number of carbonyl (C=O) groups is 2. The molecule has 6 heteroatoms. The monoisotopic (exact) mass is 325 g/mol. The van der Waals surface area contributed by atoms with Crippen LogP contribution >= 0.6 is 11.8 Å². The smallest absolute Gasteiger partial charge is 0.243 e. The average Bonchev–Trinajstić information content (AvgIpc) is 3.20. The molecule has 5 nitrogen and oxygen atoms in total. The fraction of sp³-hybridized carbons (Fsp3) is 0.875. The molecule has 3 unspecified atom stereocenters. The number of rotatable bonds is 3. The number of thioether (sulfide) groups is 1. The number of hydrogen-bond donors (Lipinski definition) is 2. The Kier molecular flexibility index (Phi) is 5.29. The van der Waals surface area contributed by atoms with Gasteiger partial charge in [-0.2, -0.15) is 0 Å². The number of nitrogens with one attached hydrogen (secondary N) is 2. The number of nitrogens with zero attached hydrogens (tertiary/aromatic N) is 1. The molecule has 3 fully saturated rings.